The van der Waals surface area contributed by atoms with E-state index >= 15 is 0 Å². The molecule has 1 aromatic heterocycles. The van der Waals surface area contributed by atoms with Crippen molar-refractivity contribution in [2.75, 3.05) is 74.1 Å². The molecular formula is C21H26ClN7O3S. The number of piperazine rings is 1. The van der Waals surface area contributed by atoms with Crippen molar-refractivity contribution in [1.29, 1.82) is 5.26 Å². The fraction of sp³-hybridized carbons (Fsp3) is 0.429. The number of anilines is 3. The lowest BCUT2D eigenvalue weighted by Gasteiger charge is -2.36. The zero-order chi connectivity index (χ0) is 22.5. The van der Waals surface area contributed by atoms with Crippen LogP contribution in [0.4, 0.5) is 16.5 Å². The Bertz CT molecular complexity index is 1030. The van der Waals surface area contributed by atoms with Gasteiger partial charge in [0.05, 0.1) is 42.8 Å². The minimum atomic E-state index is -0.349. The van der Waals surface area contributed by atoms with Crippen molar-refractivity contribution in [1.82, 2.24) is 9.88 Å². The molecule has 0 aliphatic carbocycles. The summed E-state index contributed by atoms with van der Waals surface area (Å²) >= 11 is 1.44. The molecule has 2 saturated heterocycles. The second-order valence-electron chi connectivity index (χ2n) is 7.64. The maximum absolute atomic E-state index is 12.9. The Morgan fingerprint density at radius 3 is 2.55 bits per heavy atom. The van der Waals surface area contributed by atoms with Gasteiger partial charge < -0.3 is 25.6 Å². The lowest BCUT2D eigenvalue weighted by atomic mass is 10.1. The fourth-order valence-electron chi connectivity index (χ4n) is 3.79. The standard InChI is InChI=1S/C21H25N7O3S.ClH/c22-12-15-1-2-16(18(11-15)27-5-3-26(4-6-27)13-19(23)29)24-20(30)17-14-32-21(25-17)28-7-9-31-10-8-28;/h1-2,11,14H,3-10,13H2,(H2,23,29)(H,24,30);1H. The van der Waals surface area contributed by atoms with Gasteiger partial charge in [0.2, 0.25) is 5.91 Å². The number of ether oxygens (including phenoxy) is 1. The minimum absolute atomic E-state index is 0. The van der Waals surface area contributed by atoms with Crippen LogP contribution >= 0.6 is 23.7 Å². The molecule has 12 heteroatoms. The van der Waals surface area contributed by atoms with Gasteiger partial charge in [-0.05, 0) is 18.2 Å². The van der Waals surface area contributed by atoms with Crippen LogP contribution in [-0.2, 0) is 9.53 Å². The Morgan fingerprint density at radius 1 is 1.15 bits per heavy atom. The second-order valence-corrected chi connectivity index (χ2v) is 8.48. The molecule has 2 fully saturated rings. The molecule has 0 spiro atoms. The third-order valence-corrected chi connectivity index (χ3v) is 6.38. The van der Waals surface area contributed by atoms with Gasteiger partial charge in [0.1, 0.15) is 5.69 Å². The van der Waals surface area contributed by atoms with E-state index < -0.39 is 0 Å². The summed E-state index contributed by atoms with van der Waals surface area (Å²) in [5.41, 5.74) is 7.57. The van der Waals surface area contributed by atoms with Crippen molar-refractivity contribution in [3.63, 3.8) is 0 Å². The number of nitrogens with one attached hydrogen (secondary N) is 1. The van der Waals surface area contributed by atoms with E-state index in [2.05, 4.69) is 26.2 Å². The first-order valence-corrected chi connectivity index (χ1v) is 11.3. The highest BCUT2D eigenvalue weighted by Gasteiger charge is 2.23. The topological polar surface area (TPSA) is 128 Å². The number of hydrogen-bond donors (Lipinski definition) is 2. The largest absolute Gasteiger partial charge is 0.378 e. The number of halogens is 1. The number of morpholine rings is 1. The van der Waals surface area contributed by atoms with Crippen molar-refractivity contribution in [2.24, 2.45) is 5.73 Å². The van der Waals surface area contributed by atoms with Crippen LogP contribution < -0.4 is 20.9 Å². The molecule has 2 aliphatic heterocycles. The zero-order valence-electron chi connectivity index (χ0n) is 18.0. The zero-order valence-corrected chi connectivity index (χ0v) is 19.7. The molecule has 2 aromatic rings. The highest BCUT2D eigenvalue weighted by molar-refractivity contribution is 7.14. The first kappa shape index (κ1) is 24.7. The third-order valence-electron chi connectivity index (χ3n) is 5.47. The lowest BCUT2D eigenvalue weighted by molar-refractivity contribution is -0.119. The average molecular weight is 492 g/mol. The van der Waals surface area contributed by atoms with Crippen LogP contribution in [0, 0.1) is 11.3 Å². The van der Waals surface area contributed by atoms with Crippen LogP contribution in [-0.4, -0.2) is 80.7 Å². The fourth-order valence-corrected chi connectivity index (χ4v) is 4.65. The highest BCUT2D eigenvalue weighted by atomic mass is 35.5. The molecule has 2 amide bonds. The Kier molecular flexibility index (Phi) is 8.46. The van der Waals surface area contributed by atoms with E-state index in [1.54, 1.807) is 23.6 Å². The molecule has 3 heterocycles. The first-order chi connectivity index (χ1) is 15.5. The molecule has 4 rings (SSSR count). The van der Waals surface area contributed by atoms with Gasteiger partial charge >= 0.3 is 0 Å². The average Bonchev–Trinajstić information content (AvgIpc) is 3.31. The van der Waals surface area contributed by atoms with Gasteiger partial charge in [-0.15, -0.1) is 23.7 Å². The Hall–Kier alpha value is -2.91. The smallest absolute Gasteiger partial charge is 0.275 e. The number of nitrogens with two attached hydrogens (primary N) is 1. The van der Waals surface area contributed by atoms with Gasteiger partial charge in [0, 0.05) is 44.6 Å². The first-order valence-electron chi connectivity index (χ1n) is 10.4. The number of carbonyl (C=O) groups is 2. The van der Waals surface area contributed by atoms with E-state index in [0.717, 1.165) is 23.9 Å². The van der Waals surface area contributed by atoms with Gasteiger partial charge in [-0.25, -0.2) is 4.98 Å². The number of nitrogens with zero attached hydrogens (tertiary/aromatic N) is 5. The number of nitriles is 1. The van der Waals surface area contributed by atoms with Crippen LogP contribution in [0.15, 0.2) is 23.6 Å². The second kappa shape index (κ2) is 11.3. The van der Waals surface area contributed by atoms with Crippen molar-refractivity contribution in [3.05, 3.63) is 34.8 Å². The van der Waals surface area contributed by atoms with E-state index in [1.807, 2.05) is 4.90 Å². The summed E-state index contributed by atoms with van der Waals surface area (Å²) in [5.74, 6) is -0.642. The van der Waals surface area contributed by atoms with Crippen molar-refractivity contribution >= 4 is 52.1 Å². The van der Waals surface area contributed by atoms with E-state index in [0.29, 0.717) is 56.3 Å². The predicted octanol–water partition coefficient (Wildman–Crippen LogP) is 1.13. The van der Waals surface area contributed by atoms with E-state index in [9.17, 15) is 14.9 Å². The van der Waals surface area contributed by atoms with Crippen molar-refractivity contribution in [2.45, 2.75) is 0 Å². The number of carbonyl (C=O) groups excluding carboxylic acids is 2. The van der Waals surface area contributed by atoms with Gasteiger partial charge in [-0.3, -0.25) is 14.5 Å². The normalized spacial score (nSPS) is 16.6. The van der Waals surface area contributed by atoms with Crippen LogP contribution in [0.1, 0.15) is 16.1 Å². The van der Waals surface area contributed by atoms with E-state index in [-0.39, 0.29) is 30.8 Å². The molecule has 10 nitrogen and oxygen atoms in total. The Balaban J connectivity index is 0.00000306. The summed E-state index contributed by atoms with van der Waals surface area (Å²) in [6.45, 7) is 5.71. The Morgan fingerprint density at radius 2 is 1.88 bits per heavy atom. The number of rotatable bonds is 6. The predicted molar refractivity (Wildman–Crippen MR) is 129 cm³/mol. The Labute approximate surface area is 202 Å². The molecule has 3 N–H and O–H groups in total. The van der Waals surface area contributed by atoms with Crippen LogP contribution in [0.25, 0.3) is 0 Å². The molecule has 2 aliphatic rings. The highest BCUT2D eigenvalue weighted by Crippen LogP contribution is 2.29. The van der Waals surface area contributed by atoms with E-state index in [4.69, 9.17) is 10.5 Å². The maximum Gasteiger partial charge on any atom is 0.275 e. The molecular weight excluding hydrogens is 466 g/mol. The molecule has 0 saturated carbocycles. The lowest BCUT2D eigenvalue weighted by Crippen LogP contribution is -2.49. The molecule has 0 atom stereocenters. The van der Waals surface area contributed by atoms with Gasteiger partial charge in [0.15, 0.2) is 5.13 Å². The molecule has 0 radical (unpaired) electrons. The molecule has 33 heavy (non-hydrogen) atoms. The van der Waals surface area contributed by atoms with Gasteiger partial charge in [-0.2, -0.15) is 5.26 Å². The van der Waals surface area contributed by atoms with Gasteiger partial charge in [0.25, 0.3) is 5.91 Å². The number of thiazole rings is 1. The summed E-state index contributed by atoms with van der Waals surface area (Å²) in [4.78, 5) is 34.8. The molecule has 176 valence electrons. The summed E-state index contributed by atoms with van der Waals surface area (Å²) in [7, 11) is 0. The number of primary amides is 1. The van der Waals surface area contributed by atoms with Crippen molar-refractivity contribution in [3.8, 4) is 6.07 Å². The van der Waals surface area contributed by atoms with Crippen LogP contribution in [0.3, 0.4) is 0 Å². The molecule has 1 aromatic carbocycles. The number of aromatic nitrogens is 1. The monoisotopic (exact) mass is 491 g/mol. The van der Waals surface area contributed by atoms with E-state index in [1.165, 1.54) is 11.3 Å². The molecule has 0 bridgehead atoms. The quantitative estimate of drug-likeness (QED) is 0.615. The summed E-state index contributed by atoms with van der Waals surface area (Å²) in [5, 5.41) is 14.9. The summed E-state index contributed by atoms with van der Waals surface area (Å²) in [6, 6.07) is 7.36. The third kappa shape index (κ3) is 6.11. The van der Waals surface area contributed by atoms with Crippen molar-refractivity contribution < 1.29 is 14.3 Å². The SMILES string of the molecule is Cl.N#Cc1ccc(NC(=O)c2csc(N3CCOCC3)n2)c(N2CCN(CC(N)=O)CC2)c1. The number of hydrogen-bond acceptors (Lipinski definition) is 9. The summed E-state index contributed by atoms with van der Waals surface area (Å²) < 4.78 is 5.37. The van der Waals surface area contributed by atoms with Gasteiger partial charge in [-0.1, -0.05) is 0 Å². The maximum atomic E-state index is 12.9. The number of amides is 2. The minimum Gasteiger partial charge on any atom is -0.378 e. The number of benzene rings is 1. The van der Waals surface area contributed by atoms with Crippen LogP contribution in [0.2, 0.25) is 0 Å². The summed E-state index contributed by atoms with van der Waals surface area (Å²) in [6.07, 6.45) is 0. The van der Waals surface area contributed by atoms with Crippen LogP contribution in [0.5, 0.6) is 0 Å². The molecule has 0 unspecified atom stereocenters.